The molecule has 1 aromatic rings. The first kappa shape index (κ1) is 15.7. The van der Waals surface area contributed by atoms with Gasteiger partial charge in [-0.25, -0.2) is 0 Å². The molecule has 3 atom stereocenters. The summed E-state index contributed by atoms with van der Waals surface area (Å²) in [5, 5.41) is 3.52. The Kier molecular flexibility index (Phi) is 5.01. The first-order valence-corrected chi connectivity index (χ1v) is 8.61. The van der Waals surface area contributed by atoms with E-state index in [0.717, 1.165) is 10.5 Å². The SMILES string of the molecule is C[C@H](N[S@+]([O-])C(C)(C)C)C1=CNC(c2cccnc2)S1. The summed E-state index contributed by atoms with van der Waals surface area (Å²) in [6, 6.07) is 4.06. The van der Waals surface area contributed by atoms with Gasteiger partial charge in [0.05, 0.1) is 6.04 Å². The van der Waals surface area contributed by atoms with Crippen molar-refractivity contribution in [3.05, 3.63) is 41.2 Å². The van der Waals surface area contributed by atoms with Crippen molar-refractivity contribution in [2.45, 2.75) is 43.9 Å². The first-order chi connectivity index (χ1) is 9.38. The van der Waals surface area contributed by atoms with Crippen LogP contribution in [0.5, 0.6) is 0 Å². The summed E-state index contributed by atoms with van der Waals surface area (Å²) in [7, 11) is 0. The molecule has 0 fully saturated rings. The molecule has 4 nitrogen and oxygen atoms in total. The van der Waals surface area contributed by atoms with E-state index in [9.17, 15) is 4.55 Å². The van der Waals surface area contributed by atoms with E-state index in [0.29, 0.717) is 0 Å². The molecule has 0 aromatic carbocycles. The number of pyridine rings is 1. The van der Waals surface area contributed by atoms with Gasteiger partial charge < -0.3 is 9.87 Å². The smallest absolute Gasteiger partial charge is 0.136 e. The molecular weight excluding hydrogens is 290 g/mol. The van der Waals surface area contributed by atoms with Gasteiger partial charge in [-0.3, -0.25) is 4.98 Å². The Labute approximate surface area is 128 Å². The second-order valence-corrected chi connectivity index (χ2v) is 8.89. The van der Waals surface area contributed by atoms with Crippen LogP contribution in [0.15, 0.2) is 35.6 Å². The molecule has 0 amide bonds. The lowest BCUT2D eigenvalue weighted by atomic mass is 10.3. The van der Waals surface area contributed by atoms with E-state index >= 15 is 0 Å². The molecule has 110 valence electrons. The Morgan fingerprint density at radius 2 is 2.25 bits per heavy atom. The van der Waals surface area contributed by atoms with Crippen LogP contribution in [-0.4, -0.2) is 20.3 Å². The van der Waals surface area contributed by atoms with Crippen molar-refractivity contribution >= 4 is 23.1 Å². The highest BCUT2D eigenvalue weighted by atomic mass is 32.2. The third-order valence-corrected chi connectivity index (χ3v) is 5.95. The molecule has 0 aliphatic carbocycles. The number of hydrogen-bond donors (Lipinski definition) is 2. The van der Waals surface area contributed by atoms with Crippen molar-refractivity contribution in [2.75, 3.05) is 0 Å². The standard InChI is InChI=1S/C14H21N3OS2/c1-10(17-20(18)14(2,3)4)12-9-16-13(19-12)11-6-5-7-15-8-11/h5-10,13,16-17H,1-4H3/t10-,13?,20+/m0/s1. The normalized spacial score (nSPS) is 22.1. The van der Waals surface area contributed by atoms with Gasteiger partial charge >= 0.3 is 0 Å². The topological polar surface area (TPSA) is 60.0 Å². The Morgan fingerprint density at radius 1 is 1.50 bits per heavy atom. The van der Waals surface area contributed by atoms with Crippen LogP contribution in [0.1, 0.15) is 38.6 Å². The fraction of sp³-hybridized carbons (Fsp3) is 0.500. The van der Waals surface area contributed by atoms with Gasteiger partial charge in [-0.15, -0.1) is 4.72 Å². The zero-order chi connectivity index (χ0) is 14.8. The zero-order valence-corrected chi connectivity index (χ0v) is 13.8. The zero-order valence-electron chi connectivity index (χ0n) is 12.2. The number of thioether (sulfide) groups is 1. The lowest BCUT2D eigenvalue weighted by molar-refractivity contribution is 0.538. The van der Waals surface area contributed by atoms with E-state index in [-0.39, 0.29) is 16.2 Å². The summed E-state index contributed by atoms with van der Waals surface area (Å²) in [5.74, 6) is 0. The third-order valence-electron chi connectivity index (χ3n) is 2.88. The number of rotatable bonds is 4. The molecule has 2 heterocycles. The van der Waals surface area contributed by atoms with Gasteiger partial charge in [-0.2, -0.15) is 0 Å². The van der Waals surface area contributed by atoms with Crippen molar-refractivity contribution in [3.8, 4) is 0 Å². The molecule has 1 aromatic heterocycles. The molecule has 20 heavy (non-hydrogen) atoms. The molecule has 0 radical (unpaired) electrons. The van der Waals surface area contributed by atoms with Gasteiger partial charge in [0, 0.05) is 40.4 Å². The van der Waals surface area contributed by atoms with Crippen molar-refractivity contribution in [2.24, 2.45) is 0 Å². The van der Waals surface area contributed by atoms with E-state index in [1.54, 1.807) is 18.0 Å². The molecule has 1 unspecified atom stereocenters. The number of aromatic nitrogens is 1. The van der Waals surface area contributed by atoms with Gasteiger partial charge in [0.1, 0.15) is 10.1 Å². The minimum atomic E-state index is -1.06. The van der Waals surface area contributed by atoms with E-state index in [4.69, 9.17) is 0 Å². The second kappa shape index (κ2) is 6.39. The quantitative estimate of drug-likeness (QED) is 0.837. The highest BCUT2D eigenvalue weighted by Crippen LogP contribution is 2.38. The summed E-state index contributed by atoms with van der Waals surface area (Å²) >= 11 is 0.674. The van der Waals surface area contributed by atoms with Crippen LogP contribution < -0.4 is 10.0 Å². The van der Waals surface area contributed by atoms with E-state index < -0.39 is 11.4 Å². The molecule has 0 bridgehead atoms. The number of nitrogens with one attached hydrogen (secondary N) is 2. The lowest BCUT2D eigenvalue weighted by Crippen LogP contribution is -2.43. The maximum atomic E-state index is 12.1. The van der Waals surface area contributed by atoms with Crippen LogP contribution in [0, 0.1) is 0 Å². The lowest BCUT2D eigenvalue weighted by Gasteiger charge is -2.26. The van der Waals surface area contributed by atoms with Gasteiger partial charge in [0.15, 0.2) is 0 Å². The van der Waals surface area contributed by atoms with Crippen LogP contribution in [0.2, 0.25) is 0 Å². The highest BCUT2D eigenvalue weighted by molar-refractivity contribution is 8.03. The van der Waals surface area contributed by atoms with Gasteiger partial charge in [0.25, 0.3) is 0 Å². The molecule has 0 saturated heterocycles. The Morgan fingerprint density at radius 3 is 2.85 bits per heavy atom. The fourth-order valence-corrected chi connectivity index (χ4v) is 3.64. The van der Waals surface area contributed by atoms with Crippen molar-refractivity contribution in [1.29, 1.82) is 0 Å². The minimum Gasteiger partial charge on any atom is -0.598 e. The Hall–Kier alpha value is -0.690. The van der Waals surface area contributed by atoms with Crippen LogP contribution in [-0.2, 0) is 11.4 Å². The van der Waals surface area contributed by atoms with Crippen molar-refractivity contribution in [1.82, 2.24) is 15.0 Å². The molecule has 1 aliphatic heterocycles. The highest BCUT2D eigenvalue weighted by Gasteiger charge is 2.31. The summed E-state index contributed by atoms with van der Waals surface area (Å²) in [5.41, 5.74) is 1.15. The number of hydrogen-bond acceptors (Lipinski definition) is 5. The van der Waals surface area contributed by atoms with Gasteiger partial charge in [-0.1, -0.05) is 17.8 Å². The molecular formula is C14H21N3OS2. The summed E-state index contributed by atoms with van der Waals surface area (Å²) in [6.45, 7) is 7.94. The van der Waals surface area contributed by atoms with Crippen LogP contribution in [0.25, 0.3) is 0 Å². The fourth-order valence-electron chi connectivity index (χ4n) is 1.68. The largest absolute Gasteiger partial charge is 0.598 e. The predicted octanol–water partition coefficient (Wildman–Crippen LogP) is 2.70. The van der Waals surface area contributed by atoms with Crippen LogP contribution >= 0.6 is 11.8 Å². The Balaban J connectivity index is 1.92. The molecule has 2 N–H and O–H groups in total. The van der Waals surface area contributed by atoms with Crippen molar-refractivity contribution < 1.29 is 4.55 Å². The monoisotopic (exact) mass is 311 g/mol. The maximum absolute atomic E-state index is 12.1. The van der Waals surface area contributed by atoms with E-state index in [1.807, 2.05) is 46.2 Å². The minimum absolute atomic E-state index is 0.0641. The average Bonchev–Trinajstić information content (AvgIpc) is 2.88. The van der Waals surface area contributed by atoms with Crippen LogP contribution in [0.4, 0.5) is 0 Å². The molecule has 6 heteroatoms. The molecule has 1 aliphatic rings. The summed E-state index contributed by atoms with van der Waals surface area (Å²) in [6.07, 6.45) is 5.64. The first-order valence-electron chi connectivity index (χ1n) is 6.58. The molecule has 0 saturated carbocycles. The van der Waals surface area contributed by atoms with Crippen molar-refractivity contribution in [3.63, 3.8) is 0 Å². The summed E-state index contributed by atoms with van der Waals surface area (Å²) < 4.78 is 15.0. The van der Waals surface area contributed by atoms with E-state index in [2.05, 4.69) is 21.1 Å². The predicted molar refractivity (Wildman–Crippen MR) is 86.3 cm³/mol. The van der Waals surface area contributed by atoms with Crippen LogP contribution in [0.3, 0.4) is 0 Å². The molecule has 2 rings (SSSR count). The number of nitrogens with zero attached hydrogens (tertiary/aromatic N) is 1. The molecule has 0 spiro atoms. The second-order valence-electron chi connectivity index (χ2n) is 5.72. The summed E-state index contributed by atoms with van der Waals surface area (Å²) in [4.78, 5) is 5.30. The Bertz CT molecular complexity index is 473. The average molecular weight is 311 g/mol. The maximum Gasteiger partial charge on any atom is 0.136 e. The van der Waals surface area contributed by atoms with E-state index in [1.165, 1.54) is 0 Å². The third kappa shape index (κ3) is 3.91. The van der Waals surface area contributed by atoms with Gasteiger partial charge in [0.2, 0.25) is 0 Å². The van der Waals surface area contributed by atoms with Gasteiger partial charge in [-0.05, 0) is 33.8 Å².